The van der Waals surface area contributed by atoms with E-state index in [-0.39, 0.29) is 30.8 Å². The summed E-state index contributed by atoms with van der Waals surface area (Å²) in [5.41, 5.74) is 0. The van der Waals surface area contributed by atoms with Gasteiger partial charge in [-0.25, -0.2) is 0 Å². The van der Waals surface area contributed by atoms with Crippen LogP contribution in [0.5, 0.6) is 0 Å². The van der Waals surface area contributed by atoms with Crippen molar-refractivity contribution in [1.29, 1.82) is 0 Å². The molecule has 0 atom stereocenters. The summed E-state index contributed by atoms with van der Waals surface area (Å²) in [7, 11) is 0. The van der Waals surface area contributed by atoms with Gasteiger partial charge in [0.15, 0.2) is 0 Å². The fourth-order valence-electron chi connectivity index (χ4n) is 1.78. The lowest BCUT2D eigenvalue weighted by molar-refractivity contribution is -0.145. The first-order valence-corrected chi connectivity index (χ1v) is 7.62. The summed E-state index contributed by atoms with van der Waals surface area (Å²) >= 11 is 1.36. The van der Waals surface area contributed by atoms with Gasteiger partial charge < -0.3 is 15.3 Å². The second kappa shape index (κ2) is 8.41. The number of aliphatic carboxylic acids is 1. The van der Waals surface area contributed by atoms with E-state index in [1.54, 1.807) is 26.0 Å². The van der Waals surface area contributed by atoms with Gasteiger partial charge in [0.1, 0.15) is 6.54 Å². The molecule has 21 heavy (non-hydrogen) atoms. The van der Waals surface area contributed by atoms with Crippen LogP contribution in [-0.2, 0) is 9.59 Å². The van der Waals surface area contributed by atoms with E-state index in [2.05, 4.69) is 5.32 Å². The highest BCUT2D eigenvalue weighted by Crippen LogP contribution is 2.08. The molecule has 1 heterocycles. The Morgan fingerprint density at radius 3 is 2.62 bits per heavy atom. The molecule has 0 aromatic carbocycles. The van der Waals surface area contributed by atoms with Gasteiger partial charge in [-0.15, -0.1) is 11.3 Å². The van der Waals surface area contributed by atoms with E-state index in [1.807, 2.05) is 5.38 Å². The summed E-state index contributed by atoms with van der Waals surface area (Å²) in [5, 5.41) is 13.3. The van der Waals surface area contributed by atoms with Crippen LogP contribution < -0.4 is 5.32 Å². The first-order chi connectivity index (χ1) is 9.91. The van der Waals surface area contributed by atoms with Crippen molar-refractivity contribution >= 4 is 29.1 Å². The topological polar surface area (TPSA) is 86.7 Å². The van der Waals surface area contributed by atoms with Gasteiger partial charge in [0.25, 0.3) is 5.91 Å². The van der Waals surface area contributed by atoms with Gasteiger partial charge in [0.05, 0.1) is 4.88 Å². The van der Waals surface area contributed by atoms with Crippen LogP contribution in [0.15, 0.2) is 17.5 Å². The summed E-state index contributed by atoms with van der Waals surface area (Å²) < 4.78 is 0. The fourth-order valence-corrected chi connectivity index (χ4v) is 2.42. The van der Waals surface area contributed by atoms with E-state index in [0.717, 1.165) is 0 Å². The summed E-state index contributed by atoms with van der Waals surface area (Å²) in [4.78, 5) is 36.3. The second-order valence-electron chi connectivity index (χ2n) is 4.85. The molecule has 0 bridgehead atoms. The number of rotatable bonds is 8. The number of amides is 2. The van der Waals surface area contributed by atoms with Crippen molar-refractivity contribution in [3.05, 3.63) is 22.4 Å². The Hall–Kier alpha value is -1.89. The highest BCUT2D eigenvalue weighted by molar-refractivity contribution is 7.12. The molecule has 2 amide bonds. The van der Waals surface area contributed by atoms with Gasteiger partial charge in [-0.1, -0.05) is 6.07 Å². The van der Waals surface area contributed by atoms with E-state index < -0.39 is 5.97 Å². The Bertz CT molecular complexity index is 485. The zero-order valence-corrected chi connectivity index (χ0v) is 13.0. The smallest absolute Gasteiger partial charge is 0.323 e. The van der Waals surface area contributed by atoms with Crippen molar-refractivity contribution in [2.75, 3.05) is 13.1 Å². The van der Waals surface area contributed by atoms with Gasteiger partial charge in [0.2, 0.25) is 5.91 Å². The van der Waals surface area contributed by atoms with E-state index >= 15 is 0 Å². The SMILES string of the molecule is CC(C)N(CC(=O)O)C(=O)CCCNC(=O)c1cccs1. The molecule has 116 valence electrons. The Morgan fingerprint density at radius 1 is 1.38 bits per heavy atom. The number of carbonyl (C=O) groups is 3. The van der Waals surface area contributed by atoms with Gasteiger partial charge in [0, 0.05) is 19.0 Å². The average Bonchev–Trinajstić information content (AvgIpc) is 2.94. The summed E-state index contributed by atoms with van der Waals surface area (Å²) in [6.45, 7) is 3.65. The second-order valence-corrected chi connectivity index (χ2v) is 5.79. The molecular formula is C14H20N2O4S. The van der Waals surface area contributed by atoms with Crippen LogP contribution in [0.3, 0.4) is 0 Å². The van der Waals surface area contributed by atoms with E-state index in [4.69, 9.17) is 5.11 Å². The lowest BCUT2D eigenvalue weighted by atomic mass is 10.2. The molecule has 0 aliphatic rings. The minimum absolute atomic E-state index is 0.149. The lowest BCUT2D eigenvalue weighted by Crippen LogP contribution is -2.40. The molecule has 0 aliphatic carbocycles. The van der Waals surface area contributed by atoms with Crippen molar-refractivity contribution in [2.24, 2.45) is 0 Å². The van der Waals surface area contributed by atoms with Gasteiger partial charge in [-0.2, -0.15) is 0 Å². The van der Waals surface area contributed by atoms with Gasteiger partial charge in [-0.05, 0) is 31.7 Å². The zero-order chi connectivity index (χ0) is 15.8. The van der Waals surface area contributed by atoms with Crippen molar-refractivity contribution in [3.63, 3.8) is 0 Å². The van der Waals surface area contributed by atoms with Crippen LogP contribution in [0.2, 0.25) is 0 Å². The maximum Gasteiger partial charge on any atom is 0.323 e. The summed E-state index contributed by atoms with van der Waals surface area (Å²) in [5.74, 6) is -1.38. The first-order valence-electron chi connectivity index (χ1n) is 6.74. The van der Waals surface area contributed by atoms with Crippen molar-refractivity contribution < 1.29 is 19.5 Å². The molecule has 0 fully saturated rings. The quantitative estimate of drug-likeness (QED) is 0.714. The summed E-state index contributed by atoms with van der Waals surface area (Å²) in [6, 6.07) is 3.38. The molecule has 1 aromatic heterocycles. The molecule has 0 spiro atoms. The third kappa shape index (κ3) is 5.95. The number of thiophene rings is 1. The van der Waals surface area contributed by atoms with Crippen molar-refractivity contribution in [2.45, 2.75) is 32.7 Å². The molecule has 0 aliphatic heterocycles. The normalized spacial score (nSPS) is 10.4. The molecule has 0 unspecified atom stereocenters. The number of carboxylic acid groups (broad SMARTS) is 1. The number of carboxylic acids is 1. The Labute approximate surface area is 127 Å². The Balaban J connectivity index is 2.32. The predicted molar refractivity (Wildman–Crippen MR) is 80.4 cm³/mol. The minimum atomic E-state index is -1.02. The molecule has 0 saturated heterocycles. The van der Waals surface area contributed by atoms with Crippen LogP contribution >= 0.6 is 11.3 Å². The van der Waals surface area contributed by atoms with Crippen molar-refractivity contribution in [1.82, 2.24) is 10.2 Å². The third-order valence-electron chi connectivity index (χ3n) is 2.85. The van der Waals surface area contributed by atoms with Crippen LogP contribution in [0.4, 0.5) is 0 Å². The molecule has 1 rings (SSSR count). The molecule has 6 nitrogen and oxygen atoms in total. The van der Waals surface area contributed by atoms with Crippen LogP contribution in [0.25, 0.3) is 0 Å². The van der Waals surface area contributed by atoms with Crippen LogP contribution in [0, 0.1) is 0 Å². The average molecular weight is 312 g/mol. The monoisotopic (exact) mass is 312 g/mol. The van der Waals surface area contributed by atoms with Crippen LogP contribution in [-0.4, -0.2) is 46.9 Å². The molecule has 1 aromatic rings. The third-order valence-corrected chi connectivity index (χ3v) is 3.72. The van der Waals surface area contributed by atoms with Gasteiger partial charge >= 0.3 is 5.97 Å². The standard InChI is InChI=1S/C14H20N2O4S/c1-10(2)16(9-13(18)19)12(17)6-3-7-15-14(20)11-5-4-8-21-11/h4-5,8,10H,3,6-7,9H2,1-2H3,(H,15,20)(H,18,19). The highest BCUT2D eigenvalue weighted by Gasteiger charge is 2.19. The Kier molecular flexibility index (Phi) is 6.87. The number of hydrogen-bond donors (Lipinski definition) is 2. The minimum Gasteiger partial charge on any atom is -0.480 e. The highest BCUT2D eigenvalue weighted by atomic mass is 32.1. The molecule has 2 N–H and O–H groups in total. The number of nitrogens with one attached hydrogen (secondary N) is 1. The number of hydrogen-bond acceptors (Lipinski definition) is 4. The number of carbonyl (C=O) groups excluding carboxylic acids is 2. The van der Waals surface area contributed by atoms with Gasteiger partial charge in [-0.3, -0.25) is 14.4 Å². The van der Waals surface area contributed by atoms with Crippen LogP contribution in [0.1, 0.15) is 36.4 Å². The largest absolute Gasteiger partial charge is 0.480 e. The lowest BCUT2D eigenvalue weighted by Gasteiger charge is -2.24. The zero-order valence-electron chi connectivity index (χ0n) is 12.2. The number of nitrogens with zero attached hydrogens (tertiary/aromatic N) is 1. The molecule has 0 saturated carbocycles. The molecular weight excluding hydrogens is 292 g/mol. The van der Waals surface area contributed by atoms with E-state index in [0.29, 0.717) is 17.8 Å². The maximum absolute atomic E-state index is 11.9. The predicted octanol–water partition coefficient (Wildman–Crippen LogP) is 1.58. The van der Waals surface area contributed by atoms with E-state index in [9.17, 15) is 14.4 Å². The molecule has 7 heteroatoms. The Morgan fingerprint density at radius 2 is 2.10 bits per heavy atom. The first kappa shape index (κ1) is 17.2. The molecule has 0 radical (unpaired) electrons. The van der Waals surface area contributed by atoms with Crippen molar-refractivity contribution in [3.8, 4) is 0 Å². The maximum atomic E-state index is 11.9. The van der Waals surface area contributed by atoms with E-state index in [1.165, 1.54) is 16.2 Å². The summed E-state index contributed by atoms with van der Waals surface area (Å²) in [6.07, 6.45) is 0.703. The fraction of sp³-hybridized carbons (Fsp3) is 0.500.